The van der Waals surface area contributed by atoms with Crippen molar-refractivity contribution < 1.29 is 0 Å². The molecule has 3 rings (SSSR count). The van der Waals surface area contributed by atoms with Crippen LogP contribution in [-0.2, 0) is 0 Å². The molecule has 4 nitrogen and oxygen atoms in total. The van der Waals surface area contributed by atoms with Crippen LogP contribution in [0.2, 0.25) is 0 Å². The Labute approximate surface area is 138 Å². The van der Waals surface area contributed by atoms with Crippen LogP contribution in [0, 0.1) is 0 Å². The van der Waals surface area contributed by atoms with Crippen LogP contribution in [0.4, 0.5) is 11.6 Å². The maximum Gasteiger partial charge on any atom is 0.178 e. The first-order valence-corrected chi connectivity index (χ1v) is 8.78. The number of nitrogens with zero attached hydrogens (tertiary/aromatic N) is 4. The minimum atomic E-state index is 0.973. The first kappa shape index (κ1) is 15.8. The van der Waals surface area contributed by atoms with E-state index in [9.17, 15) is 0 Å². The molecule has 122 valence electrons. The van der Waals surface area contributed by atoms with E-state index in [4.69, 9.17) is 9.97 Å². The van der Waals surface area contributed by atoms with Gasteiger partial charge in [0.2, 0.25) is 0 Å². The summed E-state index contributed by atoms with van der Waals surface area (Å²) in [6.45, 7) is 8.57. The quantitative estimate of drug-likeness (QED) is 0.773. The first-order chi connectivity index (χ1) is 11.3. The van der Waals surface area contributed by atoms with Crippen molar-refractivity contribution in [1.29, 1.82) is 0 Å². The summed E-state index contributed by atoms with van der Waals surface area (Å²) in [5, 5.41) is 0. The topological polar surface area (TPSA) is 32.3 Å². The highest BCUT2D eigenvalue weighted by atomic mass is 15.4. The number of hydrogen-bond donors (Lipinski definition) is 0. The minimum absolute atomic E-state index is 0.973. The highest BCUT2D eigenvalue weighted by Gasteiger charge is 2.33. The van der Waals surface area contributed by atoms with E-state index in [0.717, 1.165) is 48.6 Å². The third kappa shape index (κ3) is 2.90. The van der Waals surface area contributed by atoms with Crippen LogP contribution in [-0.4, -0.2) is 23.1 Å². The van der Waals surface area contributed by atoms with Crippen LogP contribution >= 0.6 is 0 Å². The maximum absolute atomic E-state index is 4.93. The predicted octanol–water partition coefficient (Wildman–Crippen LogP) is 4.72. The van der Waals surface area contributed by atoms with Crippen LogP contribution in [0.1, 0.15) is 46.5 Å². The second kappa shape index (κ2) is 6.99. The SMILES string of the molecule is CC=C1N(CCCC)c2nc3ccccc3nc2N1CCCC. The van der Waals surface area contributed by atoms with Gasteiger partial charge in [0.1, 0.15) is 5.82 Å². The van der Waals surface area contributed by atoms with Gasteiger partial charge < -0.3 is 9.80 Å². The molecule has 0 aliphatic carbocycles. The maximum atomic E-state index is 4.93. The number of fused-ring (bicyclic) bond motifs is 2. The molecule has 0 atom stereocenters. The molecule has 0 spiro atoms. The van der Waals surface area contributed by atoms with Crippen LogP contribution < -0.4 is 9.80 Å². The summed E-state index contributed by atoms with van der Waals surface area (Å²) >= 11 is 0. The Morgan fingerprint density at radius 3 is 1.74 bits per heavy atom. The molecule has 23 heavy (non-hydrogen) atoms. The summed E-state index contributed by atoms with van der Waals surface area (Å²) in [5.74, 6) is 3.26. The molecular weight excluding hydrogens is 284 g/mol. The number of unbranched alkanes of at least 4 members (excludes halogenated alkanes) is 2. The van der Waals surface area contributed by atoms with Gasteiger partial charge in [0.25, 0.3) is 0 Å². The molecule has 0 saturated heterocycles. The van der Waals surface area contributed by atoms with Crippen molar-refractivity contribution in [3.8, 4) is 0 Å². The second-order valence-corrected chi connectivity index (χ2v) is 6.02. The van der Waals surface area contributed by atoms with Crippen molar-refractivity contribution in [2.24, 2.45) is 0 Å². The van der Waals surface area contributed by atoms with Gasteiger partial charge in [-0.25, -0.2) is 9.97 Å². The minimum Gasteiger partial charge on any atom is -0.310 e. The smallest absolute Gasteiger partial charge is 0.178 e. The molecule has 2 aromatic rings. The molecule has 0 radical (unpaired) electrons. The van der Waals surface area contributed by atoms with Gasteiger partial charge in [-0.05, 0) is 38.0 Å². The van der Waals surface area contributed by atoms with Crippen molar-refractivity contribution in [1.82, 2.24) is 9.97 Å². The van der Waals surface area contributed by atoms with E-state index in [1.807, 2.05) is 24.3 Å². The van der Waals surface area contributed by atoms with E-state index >= 15 is 0 Å². The molecule has 0 bridgehead atoms. The average Bonchev–Trinajstić information content (AvgIpc) is 2.87. The van der Waals surface area contributed by atoms with Crippen LogP contribution in [0.25, 0.3) is 11.0 Å². The van der Waals surface area contributed by atoms with Crippen LogP contribution in [0.5, 0.6) is 0 Å². The Balaban J connectivity index is 2.09. The van der Waals surface area contributed by atoms with E-state index in [0.29, 0.717) is 0 Å². The lowest BCUT2D eigenvalue weighted by Gasteiger charge is -2.24. The molecule has 1 aliphatic rings. The van der Waals surface area contributed by atoms with Crippen LogP contribution in [0.15, 0.2) is 36.2 Å². The van der Waals surface area contributed by atoms with Gasteiger partial charge in [-0.2, -0.15) is 0 Å². The lowest BCUT2D eigenvalue weighted by atomic mass is 10.3. The number of aromatic nitrogens is 2. The van der Waals surface area contributed by atoms with Gasteiger partial charge in [0.05, 0.1) is 11.0 Å². The molecule has 1 aliphatic heterocycles. The zero-order valence-corrected chi connectivity index (χ0v) is 14.4. The van der Waals surface area contributed by atoms with Crippen molar-refractivity contribution >= 4 is 22.7 Å². The lowest BCUT2D eigenvalue weighted by Crippen LogP contribution is -2.30. The zero-order valence-electron chi connectivity index (χ0n) is 14.4. The summed E-state index contributed by atoms with van der Waals surface area (Å²) in [5.41, 5.74) is 1.95. The summed E-state index contributed by atoms with van der Waals surface area (Å²) in [4.78, 5) is 14.5. The van der Waals surface area contributed by atoms with Crippen molar-refractivity contribution in [2.75, 3.05) is 22.9 Å². The van der Waals surface area contributed by atoms with Gasteiger partial charge in [-0.15, -0.1) is 0 Å². The van der Waals surface area contributed by atoms with E-state index in [2.05, 4.69) is 36.6 Å². The fourth-order valence-corrected chi connectivity index (χ4v) is 3.09. The Morgan fingerprint density at radius 2 is 1.35 bits per heavy atom. The number of anilines is 2. The van der Waals surface area contributed by atoms with E-state index in [1.165, 1.54) is 18.7 Å². The third-order valence-electron chi connectivity index (χ3n) is 4.33. The molecule has 4 heteroatoms. The number of rotatable bonds is 6. The molecule has 1 aromatic carbocycles. The first-order valence-electron chi connectivity index (χ1n) is 8.78. The average molecular weight is 310 g/mol. The Bertz CT molecular complexity index is 651. The zero-order chi connectivity index (χ0) is 16.2. The number of para-hydroxylation sites is 2. The molecule has 0 fully saturated rings. The molecule has 0 N–H and O–H groups in total. The fourth-order valence-electron chi connectivity index (χ4n) is 3.09. The molecule has 2 heterocycles. The number of allylic oxidation sites excluding steroid dienone is 1. The summed E-state index contributed by atoms with van der Waals surface area (Å²) in [6.07, 6.45) is 6.87. The van der Waals surface area contributed by atoms with Crippen molar-refractivity contribution in [2.45, 2.75) is 46.5 Å². The van der Waals surface area contributed by atoms with Gasteiger partial charge in [-0.1, -0.05) is 38.8 Å². The van der Waals surface area contributed by atoms with E-state index in [-0.39, 0.29) is 0 Å². The molecular formula is C19H26N4. The van der Waals surface area contributed by atoms with Gasteiger partial charge in [-0.3, -0.25) is 0 Å². The molecule has 0 unspecified atom stereocenters. The highest BCUT2D eigenvalue weighted by Crippen LogP contribution is 2.40. The number of hydrogen-bond acceptors (Lipinski definition) is 4. The highest BCUT2D eigenvalue weighted by molar-refractivity contribution is 5.85. The largest absolute Gasteiger partial charge is 0.310 e. The lowest BCUT2D eigenvalue weighted by molar-refractivity contribution is 0.730. The third-order valence-corrected chi connectivity index (χ3v) is 4.33. The van der Waals surface area contributed by atoms with Crippen molar-refractivity contribution in [3.63, 3.8) is 0 Å². The second-order valence-electron chi connectivity index (χ2n) is 6.02. The molecule has 0 saturated carbocycles. The fraction of sp³-hybridized carbons (Fsp3) is 0.474. The van der Waals surface area contributed by atoms with E-state index < -0.39 is 0 Å². The predicted molar refractivity (Wildman–Crippen MR) is 97.8 cm³/mol. The Kier molecular flexibility index (Phi) is 4.79. The van der Waals surface area contributed by atoms with Gasteiger partial charge >= 0.3 is 0 Å². The normalized spacial score (nSPS) is 13.8. The Hall–Kier alpha value is -2.10. The van der Waals surface area contributed by atoms with Crippen LogP contribution in [0.3, 0.4) is 0 Å². The van der Waals surface area contributed by atoms with Gasteiger partial charge in [0.15, 0.2) is 11.6 Å². The van der Waals surface area contributed by atoms with Crippen molar-refractivity contribution in [3.05, 3.63) is 36.2 Å². The standard InChI is InChI=1S/C19H26N4/c1-4-7-13-22-17(6-3)23(14-8-5-2)19-18(22)20-15-11-9-10-12-16(15)21-19/h6,9-12H,4-5,7-8,13-14H2,1-3H3. The van der Waals surface area contributed by atoms with Gasteiger partial charge in [0, 0.05) is 13.1 Å². The Morgan fingerprint density at radius 1 is 0.870 bits per heavy atom. The summed E-state index contributed by atoms with van der Waals surface area (Å²) in [6, 6.07) is 8.15. The summed E-state index contributed by atoms with van der Waals surface area (Å²) in [7, 11) is 0. The monoisotopic (exact) mass is 310 g/mol. The number of benzene rings is 1. The molecule has 0 amide bonds. The molecule has 1 aromatic heterocycles. The summed E-state index contributed by atoms with van der Waals surface area (Å²) < 4.78 is 0. The van der Waals surface area contributed by atoms with E-state index in [1.54, 1.807) is 0 Å².